The molecule has 0 unspecified atom stereocenters. The molecule has 2 aromatic carbocycles. The largest absolute Gasteiger partial charge is 0.486 e. The smallest absolute Gasteiger partial charge is 0.193 e. The van der Waals surface area contributed by atoms with Crippen LogP contribution in [0.4, 0.5) is 8.78 Å². The van der Waals surface area contributed by atoms with Crippen LogP contribution in [0.3, 0.4) is 0 Å². The van der Waals surface area contributed by atoms with Crippen LogP contribution < -0.4 is 4.74 Å². The van der Waals surface area contributed by atoms with Crippen LogP contribution in [0.15, 0.2) is 48.5 Å². The quantitative estimate of drug-likeness (QED) is 0.770. The van der Waals surface area contributed by atoms with Crippen LogP contribution in [0.2, 0.25) is 0 Å². The number of ketones is 1. The Morgan fingerprint density at radius 3 is 2.47 bits per heavy atom. The predicted molar refractivity (Wildman–Crippen MR) is 67.5 cm³/mol. The molecular formula is C15H12F2O2. The highest BCUT2D eigenvalue weighted by Crippen LogP contribution is 2.20. The van der Waals surface area contributed by atoms with Gasteiger partial charge in [-0.3, -0.25) is 4.79 Å². The fourth-order valence-corrected chi connectivity index (χ4v) is 1.60. The van der Waals surface area contributed by atoms with Gasteiger partial charge >= 0.3 is 0 Å². The van der Waals surface area contributed by atoms with Gasteiger partial charge in [-0.05, 0) is 23.8 Å². The first-order valence-electron chi connectivity index (χ1n) is 5.76. The normalized spacial score (nSPS) is 10.2. The second-order valence-electron chi connectivity index (χ2n) is 3.98. The highest BCUT2D eigenvalue weighted by Gasteiger charge is 2.10. The number of benzene rings is 2. The molecule has 0 saturated carbocycles. The summed E-state index contributed by atoms with van der Waals surface area (Å²) >= 11 is 0. The third-order valence-electron chi connectivity index (χ3n) is 2.61. The van der Waals surface area contributed by atoms with Gasteiger partial charge in [-0.2, -0.15) is 0 Å². The van der Waals surface area contributed by atoms with Crippen molar-refractivity contribution in [2.45, 2.75) is 6.61 Å². The zero-order valence-electron chi connectivity index (χ0n) is 10.1. The summed E-state index contributed by atoms with van der Waals surface area (Å²) in [5.41, 5.74) is 0.915. The first-order chi connectivity index (χ1) is 9.20. The van der Waals surface area contributed by atoms with Crippen molar-refractivity contribution < 1.29 is 18.3 Å². The average Bonchev–Trinajstić information content (AvgIpc) is 2.46. The zero-order chi connectivity index (χ0) is 13.7. The predicted octanol–water partition coefficient (Wildman–Crippen LogP) is 3.56. The van der Waals surface area contributed by atoms with Crippen molar-refractivity contribution >= 4 is 5.78 Å². The monoisotopic (exact) mass is 262 g/mol. The summed E-state index contributed by atoms with van der Waals surface area (Å²) in [4.78, 5) is 11.1. The molecule has 0 aliphatic heterocycles. The van der Waals surface area contributed by atoms with Crippen molar-refractivity contribution in [1.29, 1.82) is 0 Å². The van der Waals surface area contributed by atoms with Crippen LogP contribution in [-0.4, -0.2) is 12.5 Å². The summed E-state index contributed by atoms with van der Waals surface area (Å²) in [6.45, 7) is -0.905. The van der Waals surface area contributed by atoms with E-state index in [-0.39, 0.29) is 17.9 Å². The molecule has 0 saturated heterocycles. The molecule has 0 amide bonds. The van der Waals surface area contributed by atoms with Crippen LogP contribution in [0.25, 0.3) is 0 Å². The molecule has 4 heteroatoms. The first kappa shape index (κ1) is 13.2. The Morgan fingerprint density at radius 2 is 1.84 bits per heavy atom. The lowest BCUT2D eigenvalue weighted by atomic mass is 10.1. The van der Waals surface area contributed by atoms with E-state index in [1.54, 1.807) is 0 Å². The van der Waals surface area contributed by atoms with Gasteiger partial charge in [-0.1, -0.05) is 30.3 Å². The van der Waals surface area contributed by atoms with Gasteiger partial charge in [0.2, 0.25) is 0 Å². The minimum atomic E-state index is -1.14. The molecule has 0 heterocycles. The number of ether oxygens (including phenoxy) is 1. The van der Waals surface area contributed by atoms with Crippen LogP contribution in [0.1, 0.15) is 15.9 Å². The van der Waals surface area contributed by atoms with Crippen molar-refractivity contribution in [2.24, 2.45) is 0 Å². The average molecular weight is 262 g/mol. The molecule has 19 heavy (non-hydrogen) atoms. The second-order valence-corrected chi connectivity index (χ2v) is 3.98. The Hall–Kier alpha value is -2.23. The second kappa shape index (κ2) is 6.09. The fraction of sp³-hybridized carbons (Fsp3) is 0.133. The van der Waals surface area contributed by atoms with Crippen molar-refractivity contribution in [3.8, 4) is 5.75 Å². The lowest BCUT2D eigenvalue weighted by Gasteiger charge is -2.08. The maximum atomic E-state index is 13.6. The molecular weight excluding hydrogens is 250 g/mol. The molecule has 0 N–H and O–H groups in total. The Kier molecular flexibility index (Phi) is 4.23. The molecule has 0 aromatic heterocycles. The first-order valence-corrected chi connectivity index (χ1v) is 5.76. The van der Waals surface area contributed by atoms with Gasteiger partial charge < -0.3 is 4.74 Å². The third-order valence-corrected chi connectivity index (χ3v) is 2.61. The highest BCUT2D eigenvalue weighted by atomic mass is 19.1. The maximum Gasteiger partial charge on any atom is 0.193 e. The number of alkyl halides is 1. The Bertz CT molecular complexity index is 568. The van der Waals surface area contributed by atoms with Gasteiger partial charge in [-0.25, -0.2) is 8.78 Å². The van der Waals surface area contributed by atoms with Gasteiger partial charge in [0.1, 0.15) is 6.61 Å². The van der Waals surface area contributed by atoms with E-state index in [2.05, 4.69) is 0 Å². The van der Waals surface area contributed by atoms with Crippen molar-refractivity contribution in [3.63, 3.8) is 0 Å². The molecule has 0 bridgehead atoms. The summed E-state index contributed by atoms with van der Waals surface area (Å²) in [6.07, 6.45) is 0. The van der Waals surface area contributed by atoms with Crippen LogP contribution in [0, 0.1) is 5.82 Å². The number of halogens is 2. The van der Waals surface area contributed by atoms with E-state index in [0.717, 1.165) is 11.6 Å². The minimum absolute atomic E-state index is 0.00654. The van der Waals surface area contributed by atoms with E-state index >= 15 is 0 Å². The summed E-state index contributed by atoms with van der Waals surface area (Å²) in [5.74, 6) is -1.37. The lowest BCUT2D eigenvalue weighted by molar-refractivity contribution is 0.0958. The molecule has 0 aliphatic rings. The SMILES string of the molecule is O=C(CF)c1ccc(OCc2ccccc2)c(F)c1. The molecule has 2 aromatic rings. The van der Waals surface area contributed by atoms with Crippen molar-refractivity contribution in [3.05, 3.63) is 65.5 Å². The lowest BCUT2D eigenvalue weighted by Crippen LogP contribution is -2.03. The van der Waals surface area contributed by atoms with E-state index in [9.17, 15) is 13.6 Å². The molecule has 0 fully saturated rings. The molecule has 0 atom stereocenters. The summed E-state index contributed by atoms with van der Waals surface area (Å²) in [7, 11) is 0. The van der Waals surface area contributed by atoms with E-state index in [4.69, 9.17) is 4.74 Å². The standard InChI is InChI=1S/C15H12F2O2/c16-9-14(18)12-6-7-15(13(17)8-12)19-10-11-4-2-1-3-5-11/h1-8H,9-10H2. The number of Topliss-reactive ketones (excluding diaryl/α,β-unsaturated/α-hetero) is 1. The van der Waals surface area contributed by atoms with Gasteiger partial charge in [0.25, 0.3) is 0 Å². The van der Waals surface area contributed by atoms with Crippen molar-refractivity contribution in [1.82, 2.24) is 0 Å². The van der Waals surface area contributed by atoms with Crippen LogP contribution in [0.5, 0.6) is 5.75 Å². The number of carbonyl (C=O) groups excluding carboxylic acids is 1. The molecule has 2 rings (SSSR count). The van der Waals surface area contributed by atoms with Crippen LogP contribution >= 0.6 is 0 Å². The molecule has 0 radical (unpaired) electrons. The minimum Gasteiger partial charge on any atom is -0.486 e. The van der Waals surface area contributed by atoms with Gasteiger partial charge in [0, 0.05) is 5.56 Å². The topological polar surface area (TPSA) is 26.3 Å². The van der Waals surface area contributed by atoms with Gasteiger partial charge in [0.05, 0.1) is 0 Å². The third kappa shape index (κ3) is 3.37. The summed E-state index contributed by atoms with van der Waals surface area (Å²) < 4.78 is 31.1. The Labute approximate surface area is 109 Å². The molecule has 0 spiro atoms. The van der Waals surface area contributed by atoms with Crippen molar-refractivity contribution in [2.75, 3.05) is 6.67 Å². The molecule has 2 nitrogen and oxygen atoms in total. The highest BCUT2D eigenvalue weighted by molar-refractivity contribution is 5.97. The number of rotatable bonds is 5. The fourth-order valence-electron chi connectivity index (χ4n) is 1.60. The van der Waals surface area contributed by atoms with Crippen LogP contribution in [-0.2, 0) is 6.61 Å². The van der Waals surface area contributed by atoms with Gasteiger partial charge in [-0.15, -0.1) is 0 Å². The van der Waals surface area contributed by atoms with E-state index < -0.39 is 18.3 Å². The zero-order valence-corrected chi connectivity index (χ0v) is 10.1. The number of carbonyl (C=O) groups is 1. The number of hydrogen-bond donors (Lipinski definition) is 0. The maximum absolute atomic E-state index is 13.6. The van der Waals surface area contributed by atoms with Gasteiger partial charge in [0.15, 0.2) is 24.0 Å². The van der Waals surface area contributed by atoms with E-state index in [1.165, 1.54) is 12.1 Å². The molecule has 98 valence electrons. The summed E-state index contributed by atoms with van der Waals surface area (Å²) in [5, 5.41) is 0. The van der Waals surface area contributed by atoms with E-state index in [0.29, 0.717) is 0 Å². The summed E-state index contributed by atoms with van der Waals surface area (Å²) in [6, 6.07) is 13.0. The Morgan fingerprint density at radius 1 is 1.11 bits per heavy atom. The molecule has 0 aliphatic carbocycles. The van der Waals surface area contributed by atoms with E-state index in [1.807, 2.05) is 30.3 Å². The number of hydrogen-bond acceptors (Lipinski definition) is 2. The Balaban J connectivity index is 2.07.